The van der Waals surface area contributed by atoms with Gasteiger partial charge in [0.05, 0.1) is 0 Å². The topological polar surface area (TPSA) is 38.0 Å². The van der Waals surface area contributed by atoms with Crippen LogP contribution in [0.3, 0.4) is 0 Å². The highest BCUT2D eigenvalue weighted by molar-refractivity contribution is 7.80. The molecule has 0 heterocycles. The first-order chi connectivity index (χ1) is 7.27. The van der Waals surface area contributed by atoms with E-state index < -0.39 is 0 Å². The molecule has 0 radical (unpaired) electrons. The van der Waals surface area contributed by atoms with Crippen LogP contribution < -0.4 is 11.1 Å². The van der Waals surface area contributed by atoms with E-state index in [1.165, 1.54) is 19.3 Å². The molecule has 0 atom stereocenters. The molecule has 80 valence electrons. The third-order valence-corrected chi connectivity index (χ3v) is 3.10. The second-order valence-electron chi connectivity index (χ2n) is 4.08. The lowest BCUT2D eigenvalue weighted by molar-refractivity contribution is 0.703. The van der Waals surface area contributed by atoms with Crippen molar-refractivity contribution in [3.05, 3.63) is 29.8 Å². The van der Waals surface area contributed by atoms with Gasteiger partial charge in [0.15, 0.2) is 0 Å². The molecule has 0 aliphatic heterocycles. The second kappa shape index (κ2) is 4.62. The summed E-state index contributed by atoms with van der Waals surface area (Å²) in [6.07, 6.45) is 4.01. The summed E-state index contributed by atoms with van der Waals surface area (Å²) >= 11 is 5.29. The van der Waals surface area contributed by atoms with E-state index >= 15 is 0 Å². The van der Waals surface area contributed by atoms with Crippen LogP contribution in [0.25, 0.3) is 0 Å². The summed E-state index contributed by atoms with van der Waals surface area (Å²) in [5.74, 6) is 0.938. The molecular formula is C12H16N2S. The minimum atomic E-state index is 0.751. The van der Waals surface area contributed by atoms with Crippen molar-refractivity contribution in [2.24, 2.45) is 5.92 Å². The summed E-state index contributed by atoms with van der Waals surface area (Å²) in [7, 11) is 0. The first kappa shape index (κ1) is 10.4. The normalized spacial score (nSPS) is 14.9. The van der Waals surface area contributed by atoms with Crippen LogP contribution in [-0.2, 0) is 0 Å². The van der Waals surface area contributed by atoms with Crippen LogP contribution in [0.1, 0.15) is 24.8 Å². The summed E-state index contributed by atoms with van der Waals surface area (Å²) < 4.78 is 0. The van der Waals surface area contributed by atoms with Crippen molar-refractivity contribution < 1.29 is 0 Å². The molecule has 0 bridgehead atoms. The molecule has 0 amide bonds. The molecule has 1 fully saturated rings. The zero-order valence-corrected chi connectivity index (χ0v) is 9.52. The molecule has 1 saturated carbocycles. The highest BCUT2D eigenvalue weighted by atomic mass is 32.1. The van der Waals surface area contributed by atoms with Gasteiger partial charge < -0.3 is 11.1 Å². The maximum Gasteiger partial charge on any atom is 0.108 e. The summed E-state index contributed by atoms with van der Waals surface area (Å²) in [4.78, 5) is 0.772. The fourth-order valence-corrected chi connectivity index (χ4v) is 1.88. The first-order valence-electron chi connectivity index (χ1n) is 5.40. The van der Waals surface area contributed by atoms with Gasteiger partial charge in [0, 0.05) is 17.8 Å². The Bertz CT molecular complexity index is 358. The number of thiocarbonyl (C=S) groups is 1. The third-order valence-electron chi connectivity index (χ3n) is 2.74. The Hall–Kier alpha value is -1.09. The van der Waals surface area contributed by atoms with Gasteiger partial charge in [-0.05, 0) is 24.5 Å². The fourth-order valence-electron chi connectivity index (χ4n) is 1.60. The van der Waals surface area contributed by atoms with Crippen molar-refractivity contribution in [2.45, 2.75) is 19.3 Å². The van der Waals surface area contributed by atoms with Crippen molar-refractivity contribution in [1.82, 2.24) is 5.32 Å². The lowest BCUT2D eigenvalue weighted by atomic mass is 10.2. The molecule has 0 unspecified atom stereocenters. The SMILES string of the molecule is Nc1ccccc1C(=S)NCCC1CC1. The van der Waals surface area contributed by atoms with Gasteiger partial charge in [-0.1, -0.05) is 37.2 Å². The Morgan fingerprint density at radius 1 is 1.40 bits per heavy atom. The predicted octanol–water partition coefficient (Wildman–Crippen LogP) is 2.33. The highest BCUT2D eigenvalue weighted by Crippen LogP contribution is 2.31. The number of nitrogens with two attached hydrogens (primary N) is 1. The van der Waals surface area contributed by atoms with E-state index in [4.69, 9.17) is 18.0 Å². The fraction of sp³-hybridized carbons (Fsp3) is 0.417. The third kappa shape index (κ3) is 2.93. The average molecular weight is 220 g/mol. The summed E-state index contributed by atoms with van der Waals surface area (Å²) in [6, 6.07) is 7.72. The Kier molecular flexibility index (Phi) is 3.21. The van der Waals surface area contributed by atoms with Gasteiger partial charge in [-0.3, -0.25) is 0 Å². The molecular weight excluding hydrogens is 204 g/mol. The van der Waals surface area contributed by atoms with Gasteiger partial charge in [-0.25, -0.2) is 0 Å². The maximum absolute atomic E-state index is 5.84. The smallest absolute Gasteiger partial charge is 0.108 e. The molecule has 1 aliphatic carbocycles. The van der Waals surface area contributed by atoms with E-state index in [2.05, 4.69) is 5.32 Å². The zero-order chi connectivity index (χ0) is 10.7. The number of anilines is 1. The molecule has 1 aliphatic rings. The molecule has 0 aromatic heterocycles. The highest BCUT2D eigenvalue weighted by Gasteiger charge is 2.20. The first-order valence-corrected chi connectivity index (χ1v) is 5.81. The van der Waals surface area contributed by atoms with Gasteiger partial charge in [0.2, 0.25) is 0 Å². The number of para-hydroxylation sites is 1. The maximum atomic E-state index is 5.84. The molecule has 15 heavy (non-hydrogen) atoms. The van der Waals surface area contributed by atoms with Gasteiger partial charge in [0.25, 0.3) is 0 Å². The van der Waals surface area contributed by atoms with E-state index in [-0.39, 0.29) is 0 Å². The number of nitrogens with one attached hydrogen (secondary N) is 1. The second-order valence-corrected chi connectivity index (χ2v) is 4.48. The number of nitrogen functional groups attached to an aromatic ring is 1. The minimum Gasteiger partial charge on any atom is -0.398 e. The molecule has 0 spiro atoms. The monoisotopic (exact) mass is 220 g/mol. The molecule has 3 heteroatoms. The van der Waals surface area contributed by atoms with Crippen molar-refractivity contribution in [3.63, 3.8) is 0 Å². The van der Waals surface area contributed by atoms with Crippen molar-refractivity contribution in [1.29, 1.82) is 0 Å². The van der Waals surface area contributed by atoms with E-state index in [1.54, 1.807) is 0 Å². The molecule has 2 nitrogen and oxygen atoms in total. The van der Waals surface area contributed by atoms with Gasteiger partial charge in [-0.2, -0.15) is 0 Å². The summed E-state index contributed by atoms with van der Waals surface area (Å²) in [5, 5.41) is 3.26. The molecule has 0 saturated heterocycles. The zero-order valence-electron chi connectivity index (χ0n) is 8.70. The number of hydrogen-bond donors (Lipinski definition) is 2. The molecule has 3 N–H and O–H groups in total. The Morgan fingerprint density at radius 2 is 2.13 bits per heavy atom. The van der Waals surface area contributed by atoms with Gasteiger partial charge in [-0.15, -0.1) is 0 Å². The Labute approximate surface area is 95.9 Å². The predicted molar refractivity (Wildman–Crippen MR) is 67.9 cm³/mol. The van der Waals surface area contributed by atoms with Crippen molar-refractivity contribution in [2.75, 3.05) is 12.3 Å². The Balaban J connectivity index is 1.86. The quantitative estimate of drug-likeness (QED) is 0.604. The van der Waals surface area contributed by atoms with Crippen molar-refractivity contribution in [3.8, 4) is 0 Å². The van der Waals surface area contributed by atoms with Gasteiger partial charge in [0.1, 0.15) is 4.99 Å². The van der Waals surface area contributed by atoms with Gasteiger partial charge >= 0.3 is 0 Å². The van der Waals surface area contributed by atoms with E-state index in [1.807, 2.05) is 24.3 Å². The van der Waals surface area contributed by atoms with Crippen LogP contribution in [0.15, 0.2) is 24.3 Å². The number of benzene rings is 1. The lowest BCUT2D eigenvalue weighted by Gasteiger charge is -2.09. The van der Waals surface area contributed by atoms with Crippen LogP contribution in [0.4, 0.5) is 5.69 Å². The van der Waals surface area contributed by atoms with Crippen LogP contribution in [0.2, 0.25) is 0 Å². The minimum absolute atomic E-state index is 0.751. The molecule has 2 rings (SSSR count). The van der Waals surface area contributed by atoms with Crippen LogP contribution in [0.5, 0.6) is 0 Å². The summed E-state index contributed by atoms with van der Waals surface area (Å²) in [6.45, 7) is 0.970. The Morgan fingerprint density at radius 3 is 2.80 bits per heavy atom. The molecule has 1 aromatic rings. The lowest BCUT2D eigenvalue weighted by Crippen LogP contribution is -2.24. The molecule has 1 aromatic carbocycles. The van der Waals surface area contributed by atoms with E-state index in [0.717, 1.165) is 28.7 Å². The van der Waals surface area contributed by atoms with Crippen LogP contribution >= 0.6 is 12.2 Å². The number of rotatable bonds is 4. The van der Waals surface area contributed by atoms with Crippen LogP contribution in [0, 0.1) is 5.92 Å². The average Bonchev–Trinajstić information content (AvgIpc) is 3.02. The van der Waals surface area contributed by atoms with Crippen LogP contribution in [-0.4, -0.2) is 11.5 Å². The van der Waals surface area contributed by atoms with E-state index in [0.29, 0.717) is 0 Å². The van der Waals surface area contributed by atoms with E-state index in [9.17, 15) is 0 Å². The van der Waals surface area contributed by atoms with Crippen molar-refractivity contribution >= 4 is 22.9 Å². The number of hydrogen-bond acceptors (Lipinski definition) is 2. The standard InChI is InChI=1S/C12H16N2S/c13-11-4-2-1-3-10(11)12(15)14-8-7-9-5-6-9/h1-4,9H,5-8,13H2,(H,14,15). The summed E-state index contributed by atoms with van der Waals surface area (Å²) in [5.41, 5.74) is 7.54. The largest absolute Gasteiger partial charge is 0.398 e.